The van der Waals surface area contributed by atoms with E-state index in [1.165, 1.54) is 4.90 Å². The van der Waals surface area contributed by atoms with Crippen molar-refractivity contribution in [2.24, 2.45) is 0 Å². The van der Waals surface area contributed by atoms with Crippen LogP contribution in [0.3, 0.4) is 0 Å². The van der Waals surface area contributed by atoms with Crippen LogP contribution in [-0.2, 0) is 26.2 Å². The molecule has 0 fully saturated rings. The molecule has 0 aromatic heterocycles. The Morgan fingerprint density at radius 2 is 1.77 bits per heavy atom. The Balaban J connectivity index is 2.42. The number of hydrogen-bond acceptors (Lipinski definition) is 4. The third kappa shape index (κ3) is 8.12. The number of nitrogens with zero attached hydrogens (tertiary/aromatic N) is 2. The predicted octanol–water partition coefficient (Wildman–Crippen LogP) is 4.71. The minimum Gasteiger partial charge on any atom is -0.354 e. The van der Waals surface area contributed by atoms with Gasteiger partial charge in [0, 0.05) is 23.1 Å². The molecule has 2 aromatic carbocycles. The van der Waals surface area contributed by atoms with Crippen LogP contribution in [0.15, 0.2) is 36.4 Å². The maximum absolute atomic E-state index is 13.6. The van der Waals surface area contributed by atoms with Crippen molar-refractivity contribution in [2.45, 2.75) is 53.1 Å². The van der Waals surface area contributed by atoms with Crippen molar-refractivity contribution in [1.82, 2.24) is 10.2 Å². The average molecular weight is 543 g/mol. The summed E-state index contributed by atoms with van der Waals surface area (Å²) >= 11 is 12.4. The summed E-state index contributed by atoms with van der Waals surface area (Å²) in [4.78, 5) is 27.8. The zero-order chi connectivity index (χ0) is 26.3. The number of nitrogens with one attached hydrogen (secondary N) is 1. The Hall–Kier alpha value is -2.29. The summed E-state index contributed by atoms with van der Waals surface area (Å²) in [5.74, 6) is -0.853. The summed E-state index contributed by atoms with van der Waals surface area (Å²) in [7, 11) is -3.79. The van der Waals surface area contributed by atoms with Crippen LogP contribution in [0.1, 0.15) is 43.4 Å². The smallest absolute Gasteiger partial charge is 0.244 e. The molecular formula is C25H33Cl2N3O4S. The fourth-order valence-corrected chi connectivity index (χ4v) is 5.01. The molecule has 0 radical (unpaired) electrons. The predicted molar refractivity (Wildman–Crippen MR) is 142 cm³/mol. The maximum Gasteiger partial charge on any atom is 0.244 e. The van der Waals surface area contributed by atoms with Gasteiger partial charge in [0.1, 0.15) is 12.6 Å². The Kier molecular flexibility index (Phi) is 10.4. The van der Waals surface area contributed by atoms with Gasteiger partial charge >= 0.3 is 0 Å². The zero-order valence-corrected chi connectivity index (χ0v) is 23.1. The van der Waals surface area contributed by atoms with Crippen molar-refractivity contribution in [3.8, 4) is 0 Å². The molecule has 0 aliphatic carbocycles. The Morgan fingerprint density at radius 3 is 2.34 bits per heavy atom. The van der Waals surface area contributed by atoms with Crippen molar-refractivity contribution >= 4 is 50.7 Å². The SMILES string of the molecule is CCCCNC(=O)[C@@H](C)N(Cc1ccc(Cl)cc1Cl)C(=O)CN(c1ccc(C)cc1C)S(C)(=O)=O. The molecule has 0 spiro atoms. The first-order chi connectivity index (χ1) is 16.3. The highest BCUT2D eigenvalue weighted by Gasteiger charge is 2.30. The van der Waals surface area contributed by atoms with Gasteiger partial charge < -0.3 is 10.2 Å². The van der Waals surface area contributed by atoms with E-state index in [2.05, 4.69) is 5.32 Å². The minimum absolute atomic E-state index is 0.0156. The molecule has 35 heavy (non-hydrogen) atoms. The number of benzene rings is 2. The van der Waals surface area contributed by atoms with Gasteiger partial charge in [0.05, 0.1) is 11.9 Å². The molecule has 192 valence electrons. The van der Waals surface area contributed by atoms with Crippen molar-refractivity contribution in [2.75, 3.05) is 23.7 Å². The normalized spacial score (nSPS) is 12.2. The molecular weight excluding hydrogens is 509 g/mol. The van der Waals surface area contributed by atoms with Crippen molar-refractivity contribution in [3.63, 3.8) is 0 Å². The van der Waals surface area contributed by atoms with Gasteiger partial charge in [0.2, 0.25) is 21.8 Å². The van der Waals surface area contributed by atoms with E-state index < -0.39 is 28.5 Å². The maximum atomic E-state index is 13.6. The first kappa shape index (κ1) is 28.9. The molecule has 0 aliphatic rings. The van der Waals surface area contributed by atoms with E-state index >= 15 is 0 Å². The number of carbonyl (C=O) groups is 2. The first-order valence-corrected chi connectivity index (χ1v) is 14.0. The van der Waals surface area contributed by atoms with Gasteiger partial charge in [-0.25, -0.2) is 8.42 Å². The number of sulfonamides is 1. The summed E-state index contributed by atoms with van der Waals surface area (Å²) in [5.41, 5.74) is 2.70. The number of rotatable bonds is 11. The summed E-state index contributed by atoms with van der Waals surface area (Å²) in [6.07, 6.45) is 2.78. The molecule has 1 N–H and O–H groups in total. The molecule has 2 rings (SSSR count). The van der Waals surface area contributed by atoms with Gasteiger partial charge in [0.15, 0.2) is 0 Å². The Labute approximate surface area is 218 Å². The Bertz CT molecular complexity index is 1170. The molecule has 1 atom stereocenters. The fraction of sp³-hybridized carbons (Fsp3) is 0.440. The van der Waals surface area contributed by atoms with Crippen LogP contribution in [0.4, 0.5) is 5.69 Å². The van der Waals surface area contributed by atoms with Gasteiger partial charge in [-0.2, -0.15) is 0 Å². The molecule has 0 unspecified atom stereocenters. The third-order valence-corrected chi connectivity index (χ3v) is 7.37. The number of aryl methyl sites for hydroxylation is 2. The van der Waals surface area contributed by atoms with Crippen LogP contribution in [0.5, 0.6) is 0 Å². The van der Waals surface area contributed by atoms with E-state index in [0.717, 1.165) is 34.5 Å². The van der Waals surface area contributed by atoms with E-state index in [-0.39, 0.29) is 12.5 Å². The largest absolute Gasteiger partial charge is 0.354 e. The summed E-state index contributed by atoms with van der Waals surface area (Å²) in [5, 5.41) is 3.63. The summed E-state index contributed by atoms with van der Waals surface area (Å²) in [6.45, 7) is 7.37. The van der Waals surface area contributed by atoms with Gasteiger partial charge in [-0.15, -0.1) is 0 Å². The van der Waals surface area contributed by atoms with Crippen LogP contribution in [0, 0.1) is 13.8 Å². The number of amides is 2. The highest BCUT2D eigenvalue weighted by atomic mass is 35.5. The molecule has 0 aliphatic heterocycles. The monoisotopic (exact) mass is 541 g/mol. The lowest BCUT2D eigenvalue weighted by molar-refractivity contribution is -0.139. The number of unbranched alkanes of at least 4 members (excludes halogenated alkanes) is 1. The lowest BCUT2D eigenvalue weighted by Gasteiger charge is -2.32. The second-order valence-corrected chi connectivity index (χ2v) is 11.4. The molecule has 0 bridgehead atoms. The molecule has 7 nitrogen and oxygen atoms in total. The quantitative estimate of drug-likeness (QED) is 0.417. The van der Waals surface area contributed by atoms with Crippen LogP contribution in [-0.4, -0.2) is 50.5 Å². The van der Waals surface area contributed by atoms with Gasteiger partial charge in [-0.05, 0) is 56.5 Å². The third-order valence-electron chi connectivity index (χ3n) is 5.65. The van der Waals surface area contributed by atoms with Crippen LogP contribution < -0.4 is 9.62 Å². The molecule has 2 aromatic rings. The van der Waals surface area contributed by atoms with E-state index in [1.807, 2.05) is 19.9 Å². The number of anilines is 1. The second kappa shape index (κ2) is 12.6. The standard InChI is InChI=1S/C25H33Cl2N3O4S/c1-6-7-12-28-25(32)19(4)29(15-20-9-10-21(26)14-22(20)27)24(31)16-30(35(5,33)34)23-11-8-17(2)13-18(23)3/h8-11,13-14,19H,6-7,12,15-16H2,1-5H3,(H,28,32)/t19-/m1/s1. The lowest BCUT2D eigenvalue weighted by Crippen LogP contribution is -2.51. The molecule has 10 heteroatoms. The molecule has 0 heterocycles. The lowest BCUT2D eigenvalue weighted by atomic mass is 10.1. The topological polar surface area (TPSA) is 86.8 Å². The second-order valence-electron chi connectivity index (χ2n) is 8.64. The number of halogens is 2. The number of carbonyl (C=O) groups excluding carboxylic acids is 2. The van der Waals surface area contributed by atoms with Gasteiger partial charge in [-0.3, -0.25) is 13.9 Å². The number of hydrogen-bond donors (Lipinski definition) is 1. The fourth-order valence-electron chi connectivity index (χ4n) is 3.63. The van der Waals surface area contributed by atoms with Gasteiger partial charge in [0.25, 0.3) is 0 Å². The Morgan fingerprint density at radius 1 is 1.09 bits per heavy atom. The van der Waals surface area contributed by atoms with Gasteiger partial charge in [-0.1, -0.05) is 60.3 Å². The van der Waals surface area contributed by atoms with E-state index in [4.69, 9.17) is 23.2 Å². The van der Waals surface area contributed by atoms with Crippen molar-refractivity contribution < 1.29 is 18.0 Å². The molecule has 0 saturated carbocycles. The van der Waals surface area contributed by atoms with E-state index in [1.54, 1.807) is 44.2 Å². The minimum atomic E-state index is -3.79. The van der Waals surface area contributed by atoms with Crippen LogP contribution >= 0.6 is 23.2 Å². The summed E-state index contributed by atoms with van der Waals surface area (Å²) in [6, 6.07) is 9.37. The van der Waals surface area contributed by atoms with Crippen LogP contribution in [0.25, 0.3) is 0 Å². The highest BCUT2D eigenvalue weighted by molar-refractivity contribution is 7.92. The van der Waals surface area contributed by atoms with E-state index in [9.17, 15) is 18.0 Å². The zero-order valence-electron chi connectivity index (χ0n) is 20.8. The van der Waals surface area contributed by atoms with Crippen molar-refractivity contribution in [3.05, 3.63) is 63.1 Å². The molecule has 2 amide bonds. The van der Waals surface area contributed by atoms with Crippen molar-refractivity contribution in [1.29, 1.82) is 0 Å². The highest BCUT2D eigenvalue weighted by Crippen LogP contribution is 2.26. The average Bonchev–Trinajstić information content (AvgIpc) is 2.76. The van der Waals surface area contributed by atoms with E-state index in [0.29, 0.717) is 27.8 Å². The molecule has 0 saturated heterocycles. The first-order valence-electron chi connectivity index (χ1n) is 11.4. The summed E-state index contributed by atoms with van der Waals surface area (Å²) < 4.78 is 26.5. The van der Waals surface area contributed by atoms with Crippen LogP contribution in [0.2, 0.25) is 10.0 Å².